The lowest BCUT2D eigenvalue weighted by atomic mass is 9.47. The summed E-state index contributed by atoms with van der Waals surface area (Å²) < 4.78 is 2.05. The number of imidazole rings is 1. The van der Waals surface area contributed by atoms with Gasteiger partial charge >= 0.3 is 0 Å². The average molecular weight is 417 g/mol. The van der Waals surface area contributed by atoms with Crippen molar-refractivity contribution < 1.29 is 10.2 Å². The number of aromatic nitrogens is 2. The van der Waals surface area contributed by atoms with Gasteiger partial charge in [0.15, 0.2) is 5.16 Å². The molecule has 7 atom stereocenters. The molecular weight excluding hydrogens is 380 g/mol. The smallest absolute Gasteiger partial charge is 0.167 e. The van der Waals surface area contributed by atoms with Gasteiger partial charge in [0.05, 0.1) is 11.7 Å². The summed E-state index contributed by atoms with van der Waals surface area (Å²) in [6.07, 6.45) is 14.7. The minimum absolute atomic E-state index is 0.00220. The molecule has 5 rings (SSSR count). The number of thioether (sulfide) groups is 1. The summed E-state index contributed by atoms with van der Waals surface area (Å²) >= 11 is 1.71. The van der Waals surface area contributed by atoms with Crippen LogP contribution in [0.3, 0.4) is 0 Å². The van der Waals surface area contributed by atoms with Gasteiger partial charge in [0.25, 0.3) is 0 Å². The van der Waals surface area contributed by atoms with E-state index >= 15 is 0 Å². The Bertz CT molecular complexity index is 822. The Morgan fingerprint density at radius 2 is 1.97 bits per heavy atom. The summed E-state index contributed by atoms with van der Waals surface area (Å²) in [6.45, 7) is 4.86. The van der Waals surface area contributed by atoms with E-state index in [0.29, 0.717) is 11.8 Å². The Hall–Kier alpha value is -0.780. The molecule has 0 spiro atoms. The Labute approximate surface area is 179 Å². The predicted molar refractivity (Wildman–Crippen MR) is 117 cm³/mol. The van der Waals surface area contributed by atoms with Crippen LogP contribution in [0.5, 0.6) is 0 Å². The maximum absolute atomic E-state index is 11.9. The van der Waals surface area contributed by atoms with E-state index in [2.05, 4.69) is 24.9 Å². The molecule has 1 aromatic rings. The van der Waals surface area contributed by atoms with Gasteiger partial charge in [0.2, 0.25) is 0 Å². The lowest BCUT2D eigenvalue weighted by molar-refractivity contribution is -0.113. The zero-order valence-electron chi connectivity index (χ0n) is 18.1. The van der Waals surface area contributed by atoms with Crippen LogP contribution in [-0.2, 0) is 7.05 Å². The van der Waals surface area contributed by atoms with Crippen molar-refractivity contribution in [3.05, 3.63) is 24.0 Å². The molecule has 0 amide bonds. The second-order valence-corrected chi connectivity index (χ2v) is 11.7. The zero-order chi connectivity index (χ0) is 20.4. The second-order valence-electron chi connectivity index (χ2n) is 10.8. The van der Waals surface area contributed by atoms with E-state index in [1.54, 1.807) is 11.8 Å². The van der Waals surface area contributed by atoms with Gasteiger partial charge in [0, 0.05) is 30.6 Å². The lowest BCUT2D eigenvalue weighted by Gasteiger charge is -2.59. The predicted octanol–water partition coefficient (Wildman–Crippen LogP) is 4.57. The normalized spacial score (nSPS) is 46.6. The number of aliphatic hydroxyl groups excluding tert-OH is 1. The topological polar surface area (TPSA) is 58.3 Å². The van der Waals surface area contributed by atoms with E-state index in [1.165, 1.54) is 12.0 Å². The van der Waals surface area contributed by atoms with Gasteiger partial charge in [-0.25, -0.2) is 4.98 Å². The van der Waals surface area contributed by atoms with Crippen LogP contribution in [0.1, 0.15) is 65.2 Å². The maximum Gasteiger partial charge on any atom is 0.167 e. The highest BCUT2D eigenvalue weighted by atomic mass is 32.2. The van der Waals surface area contributed by atoms with Crippen molar-refractivity contribution in [2.24, 2.45) is 35.6 Å². The number of allylic oxidation sites excluding steroid dienone is 1. The molecule has 29 heavy (non-hydrogen) atoms. The van der Waals surface area contributed by atoms with E-state index in [9.17, 15) is 10.2 Å². The molecule has 3 saturated carbocycles. The van der Waals surface area contributed by atoms with Gasteiger partial charge in [-0.1, -0.05) is 37.3 Å². The molecule has 2 N–H and O–H groups in total. The van der Waals surface area contributed by atoms with Crippen LogP contribution in [0.2, 0.25) is 0 Å². The molecule has 0 radical (unpaired) electrons. The van der Waals surface area contributed by atoms with Crippen LogP contribution in [-0.4, -0.2) is 37.2 Å². The molecule has 0 aromatic carbocycles. The monoisotopic (exact) mass is 416 g/mol. The third kappa shape index (κ3) is 2.90. The van der Waals surface area contributed by atoms with Gasteiger partial charge in [-0.05, 0) is 74.5 Å². The zero-order valence-corrected chi connectivity index (χ0v) is 18.9. The third-order valence-corrected chi connectivity index (χ3v) is 10.9. The molecule has 4 aliphatic carbocycles. The molecule has 1 aromatic heterocycles. The van der Waals surface area contributed by atoms with Crippen molar-refractivity contribution in [3.8, 4) is 0 Å². The van der Waals surface area contributed by atoms with E-state index in [4.69, 9.17) is 0 Å². The molecule has 5 heteroatoms. The standard InChI is InChI=1S/C24H36N2O2S/c1-22-9-6-17(27)14-16(22)4-5-18-19(22)7-10-23(2)20(18)8-11-24(23,28)15-29-21-25-12-13-26(21)3/h4,12-13,17-20,27-28H,5-11,14-15H2,1-3H3/t17-,18+,19-,20-,22-,23-,24+/m0/s1. The fraction of sp³-hybridized carbons (Fsp3) is 0.792. The van der Waals surface area contributed by atoms with E-state index in [0.717, 1.165) is 61.8 Å². The molecule has 3 fully saturated rings. The summed E-state index contributed by atoms with van der Waals surface area (Å²) in [5.41, 5.74) is 1.20. The second kappa shape index (κ2) is 6.86. The number of aryl methyl sites for hydroxylation is 1. The van der Waals surface area contributed by atoms with Gasteiger partial charge in [0.1, 0.15) is 0 Å². The minimum Gasteiger partial charge on any atom is -0.393 e. The molecule has 0 aliphatic heterocycles. The highest BCUT2D eigenvalue weighted by Gasteiger charge is 2.63. The first-order valence-corrected chi connectivity index (χ1v) is 12.5. The summed E-state index contributed by atoms with van der Waals surface area (Å²) in [5.74, 6) is 2.75. The van der Waals surface area contributed by atoms with Crippen LogP contribution in [0, 0.1) is 28.6 Å². The summed E-state index contributed by atoms with van der Waals surface area (Å²) in [6, 6.07) is 0. The van der Waals surface area contributed by atoms with Crippen LogP contribution < -0.4 is 0 Å². The van der Waals surface area contributed by atoms with Gasteiger partial charge in [-0.2, -0.15) is 0 Å². The quantitative estimate of drug-likeness (QED) is 0.560. The van der Waals surface area contributed by atoms with Gasteiger partial charge in [-0.3, -0.25) is 0 Å². The van der Waals surface area contributed by atoms with Gasteiger partial charge in [-0.15, -0.1) is 0 Å². The SMILES string of the molecule is Cn1ccnc1SC[C@]1(O)CC[C@H]2[C@@H]3CC=C4C[C@@H](O)CC[C@]4(C)[C@H]3CC[C@@]21C. The van der Waals surface area contributed by atoms with Crippen LogP contribution in [0.4, 0.5) is 0 Å². The van der Waals surface area contributed by atoms with Crippen LogP contribution in [0.15, 0.2) is 29.2 Å². The first-order chi connectivity index (χ1) is 13.8. The summed E-state index contributed by atoms with van der Waals surface area (Å²) in [7, 11) is 2.03. The molecule has 4 aliphatic rings. The molecule has 4 nitrogen and oxygen atoms in total. The maximum atomic E-state index is 11.9. The van der Waals surface area contributed by atoms with E-state index < -0.39 is 5.60 Å². The number of fused-ring (bicyclic) bond motifs is 5. The first-order valence-electron chi connectivity index (χ1n) is 11.5. The average Bonchev–Trinajstić information content (AvgIpc) is 3.22. The fourth-order valence-electron chi connectivity index (χ4n) is 7.66. The highest BCUT2D eigenvalue weighted by Crippen LogP contribution is 2.67. The Kier molecular flexibility index (Phi) is 4.77. The number of hydrogen-bond acceptors (Lipinski definition) is 4. The Morgan fingerprint density at radius 3 is 2.72 bits per heavy atom. The number of aliphatic hydroxyl groups is 2. The Morgan fingerprint density at radius 1 is 1.17 bits per heavy atom. The fourth-order valence-corrected chi connectivity index (χ4v) is 8.91. The van der Waals surface area contributed by atoms with Crippen molar-refractivity contribution in [1.29, 1.82) is 0 Å². The first kappa shape index (κ1) is 20.1. The van der Waals surface area contributed by atoms with Crippen molar-refractivity contribution >= 4 is 11.8 Å². The number of rotatable bonds is 3. The molecule has 160 valence electrons. The summed E-state index contributed by atoms with van der Waals surface area (Å²) in [4.78, 5) is 4.45. The molecule has 0 bridgehead atoms. The number of nitrogens with zero attached hydrogens (tertiary/aromatic N) is 2. The highest BCUT2D eigenvalue weighted by molar-refractivity contribution is 7.99. The van der Waals surface area contributed by atoms with Crippen molar-refractivity contribution in [2.75, 3.05) is 5.75 Å². The minimum atomic E-state index is -0.604. The van der Waals surface area contributed by atoms with Gasteiger partial charge < -0.3 is 14.8 Å². The Balaban J connectivity index is 1.39. The van der Waals surface area contributed by atoms with Crippen molar-refractivity contribution in [1.82, 2.24) is 9.55 Å². The third-order valence-electron chi connectivity index (χ3n) is 9.62. The molecule has 0 saturated heterocycles. The van der Waals surface area contributed by atoms with E-state index in [1.807, 2.05) is 24.0 Å². The molecule has 1 heterocycles. The number of hydrogen-bond donors (Lipinski definition) is 2. The van der Waals surface area contributed by atoms with Crippen molar-refractivity contribution in [2.45, 2.75) is 82.1 Å². The molecule has 0 unspecified atom stereocenters. The largest absolute Gasteiger partial charge is 0.393 e. The molecular formula is C24H36N2O2S. The van der Waals surface area contributed by atoms with Crippen LogP contribution >= 0.6 is 11.8 Å². The van der Waals surface area contributed by atoms with E-state index in [-0.39, 0.29) is 16.9 Å². The summed E-state index contributed by atoms with van der Waals surface area (Å²) in [5, 5.41) is 23.0. The van der Waals surface area contributed by atoms with Crippen molar-refractivity contribution in [3.63, 3.8) is 0 Å². The van der Waals surface area contributed by atoms with Crippen LogP contribution in [0.25, 0.3) is 0 Å². The lowest BCUT2D eigenvalue weighted by Crippen LogP contribution is -2.55.